The molecule has 1 heteroatoms. The predicted octanol–water partition coefficient (Wildman–Crippen LogP) is 3.42. The summed E-state index contributed by atoms with van der Waals surface area (Å²) >= 11 is 0. The number of hydrogen-bond donors (Lipinski definition) is 1. The first-order valence-corrected chi connectivity index (χ1v) is 5.73. The fourth-order valence-corrected chi connectivity index (χ4v) is 2.27. The molecule has 0 saturated heterocycles. The van der Waals surface area contributed by atoms with E-state index < -0.39 is 0 Å². The maximum atomic E-state index is 6.27. The molecule has 0 saturated carbocycles. The highest BCUT2D eigenvalue weighted by Gasteiger charge is 2.29. The van der Waals surface area contributed by atoms with E-state index in [1.807, 2.05) is 0 Å². The van der Waals surface area contributed by atoms with Crippen LogP contribution in [0.4, 0.5) is 0 Å². The van der Waals surface area contributed by atoms with Crippen LogP contribution in [0.15, 0.2) is 23.8 Å². The Morgan fingerprint density at radius 2 is 2.14 bits per heavy atom. The van der Waals surface area contributed by atoms with E-state index in [1.165, 1.54) is 31.3 Å². The maximum Gasteiger partial charge on any atom is 0.0379 e. The van der Waals surface area contributed by atoms with Crippen molar-refractivity contribution in [3.63, 3.8) is 0 Å². The molecule has 2 atom stereocenters. The lowest BCUT2D eigenvalue weighted by Crippen LogP contribution is -2.43. The molecule has 0 aromatic carbocycles. The third-order valence-corrected chi connectivity index (χ3v) is 3.21. The van der Waals surface area contributed by atoms with Gasteiger partial charge in [-0.2, -0.15) is 0 Å². The molecule has 80 valence electrons. The van der Waals surface area contributed by atoms with Gasteiger partial charge in [-0.05, 0) is 20.3 Å². The highest BCUT2D eigenvalue weighted by molar-refractivity contribution is 5.28. The molecule has 0 radical (unpaired) electrons. The van der Waals surface area contributed by atoms with E-state index in [4.69, 9.17) is 5.73 Å². The van der Waals surface area contributed by atoms with Gasteiger partial charge in [0.15, 0.2) is 0 Å². The zero-order valence-corrected chi connectivity index (χ0v) is 9.72. The fourth-order valence-electron chi connectivity index (χ4n) is 2.27. The second-order valence-electron chi connectivity index (χ2n) is 4.68. The molecule has 0 fully saturated rings. The molecule has 2 N–H and O–H groups in total. The summed E-state index contributed by atoms with van der Waals surface area (Å²) in [5, 5.41) is 0. The van der Waals surface area contributed by atoms with Crippen LogP contribution in [0.2, 0.25) is 0 Å². The summed E-state index contributed by atoms with van der Waals surface area (Å²) in [4.78, 5) is 0. The normalized spacial score (nSPS) is 31.7. The van der Waals surface area contributed by atoms with Crippen molar-refractivity contribution in [2.45, 2.75) is 52.0 Å². The topological polar surface area (TPSA) is 26.0 Å². The summed E-state index contributed by atoms with van der Waals surface area (Å²) in [6.07, 6.45) is 11.6. The number of rotatable bonds is 4. The van der Waals surface area contributed by atoms with Crippen LogP contribution >= 0.6 is 0 Å². The number of nitrogens with two attached hydrogens (primary N) is 1. The molecule has 1 aliphatic rings. The molecular weight excluding hydrogens is 170 g/mol. The van der Waals surface area contributed by atoms with Crippen LogP contribution in [0.5, 0.6) is 0 Å². The van der Waals surface area contributed by atoms with E-state index in [0.717, 1.165) is 0 Å². The zero-order chi connectivity index (χ0) is 10.6. The molecular formula is C13H23N. The number of unbranched alkanes of at least 4 members (excludes halogenated alkanes) is 2. The molecule has 0 amide bonds. The van der Waals surface area contributed by atoms with Gasteiger partial charge < -0.3 is 5.73 Å². The van der Waals surface area contributed by atoms with Crippen molar-refractivity contribution in [2.75, 3.05) is 0 Å². The SMILES string of the molecule is CCCCCC1C(C)=CC=CC1(C)N. The minimum atomic E-state index is -0.132. The maximum absolute atomic E-state index is 6.27. The summed E-state index contributed by atoms with van der Waals surface area (Å²) in [5.74, 6) is 0.541. The van der Waals surface area contributed by atoms with E-state index in [9.17, 15) is 0 Å². The molecule has 14 heavy (non-hydrogen) atoms. The number of allylic oxidation sites excluding steroid dienone is 2. The van der Waals surface area contributed by atoms with Crippen LogP contribution in [-0.4, -0.2) is 5.54 Å². The molecule has 0 bridgehead atoms. The van der Waals surface area contributed by atoms with Gasteiger partial charge >= 0.3 is 0 Å². The Labute approximate surface area is 88.1 Å². The van der Waals surface area contributed by atoms with Crippen molar-refractivity contribution in [2.24, 2.45) is 11.7 Å². The standard InChI is InChI=1S/C13H23N/c1-4-5-6-9-12-11(2)8-7-10-13(12,3)14/h7-8,10,12H,4-6,9,14H2,1-3H3. The molecule has 2 unspecified atom stereocenters. The lowest BCUT2D eigenvalue weighted by molar-refractivity contribution is 0.368. The Kier molecular flexibility index (Phi) is 3.94. The van der Waals surface area contributed by atoms with Crippen LogP contribution < -0.4 is 5.73 Å². The molecule has 1 nitrogen and oxygen atoms in total. The summed E-state index contributed by atoms with van der Waals surface area (Å²) in [7, 11) is 0. The Morgan fingerprint density at radius 3 is 2.71 bits per heavy atom. The van der Waals surface area contributed by atoms with Gasteiger partial charge in [-0.25, -0.2) is 0 Å². The van der Waals surface area contributed by atoms with Crippen molar-refractivity contribution < 1.29 is 0 Å². The third-order valence-electron chi connectivity index (χ3n) is 3.21. The summed E-state index contributed by atoms with van der Waals surface area (Å²) < 4.78 is 0. The Bertz CT molecular complexity index is 236. The monoisotopic (exact) mass is 193 g/mol. The van der Waals surface area contributed by atoms with Gasteiger partial charge in [-0.1, -0.05) is 50.0 Å². The third kappa shape index (κ3) is 2.71. The zero-order valence-electron chi connectivity index (χ0n) is 9.72. The van der Waals surface area contributed by atoms with Gasteiger partial charge in [0.05, 0.1) is 0 Å². The van der Waals surface area contributed by atoms with Gasteiger partial charge in [-0.15, -0.1) is 0 Å². The highest BCUT2D eigenvalue weighted by atomic mass is 14.7. The lowest BCUT2D eigenvalue weighted by Gasteiger charge is -2.34. The van der Waals surface area contributed by atoms with E-state index in [2.05, 4.69) is 39.0 Å². The van der Waals surface area contributed by atoms with Crippen molar-refractivity contribution in [3.8, 4) is 0 Å². The van der Waals surface area contributed by atoms with E-state index in [1.54, 1.807) is 0 Å². The van der Waals surface area contributed by atoms with Crippen LogP contribution in [0.1, 0.15) is 46.5 Å². The molecule has 1 rings (SSSR count). The molecule has 0 aromatic rings. The minimum Gasteiger partial charge on any atom is -0.322 e. The quantitative estimate of drug-likeness (QED) is 0.680. The second kappa shape index (κ2) is 4.79. The minimum absolute atomic E-state index is 0.132. The van der Waals surface area contributed by atoms with Crippen molar-refractivity contribution in [1.29, 1.82) is 0 Å². The Balaban J connectivity index is 2.56. The van der Waals surface area contributed by atoms with E-state index in [0.29, 0.717) is 5.92 Å². The van der Waals surface area contributed by atoms with Gasteiger partial charge in [0, 0.05) is 11.5 Å². The van der Waals surface area contributed by atoms with Crippen LogP contribution in [0, 0.1) is 5.92 Å². The molecule has 0 heterocycles. The molecule has 0 spiro atoms. The first kappa shape index (κ1) is 11.5. The van der Waals surface area contributed by atoms with Crippen molar-refractivity contribution in [3.05, 3.63) is 23.8 Å². The van der Waals surface area contributed by atoms with Gasteiger partial charge in [0.2, 0.25) is 0 Å². The molecule has 0 aromatic heterocycles. The first-order chi connectivity index (χ1) is 6.58. The highest BCUT2D eigenvalue weighted by Crippen LogP contribution is 2.31. The van der Waals surface area contributed by atoms with Crippen LogP contribution in [-0.2, 0) is 0 Å². The summed E-state index contributed by atoms with van der Waals surface area (Å²) in [5.41, 5.74) is 7.57. The Hall–Kier alpha value is -0.560. The largest absolute Gasteiger partial charge is 0.322 e. The number of hydrogen-bond acceptors (Lipinski definition) is 1. The van der Waals surface area contributed by atoms with Crippen LogP contribution in [0.25, 0.3) is 0 Å². The van der Waals surface area contributed by atoms with E-state index in [-0.39, 0.29) is 5.54 Å². The summed E-state index contributed by atoms with van der Waals surface area (Å²) in [6, 6.07) is 0. The van der Waals surface area contributed by atoms with E-state index >= 15 is 0 Å². The average Bonchev–Trinajstić information content (AvgIpc) is 2.09. The van der Waals surface area contributed by atoms with Gasteiger partial charge in [0.25, 0.3) is 0 Å². The molecule has 0 aliphatic heterocycles. The summed E-state index contributed by atoms with van der Waals surface area (Å²) in [6.45, 7) is 6.58. The first-order valence-electron chi connectivity index (χ1n) is 5.73. The predicted molar refractivity (Wildman–Crippen MR) is 63.1 cm³/mol. The van der Waals surface area contributed by atoms with Crippen molar-refractivity contribution >= 4 is 0 Å². The fraction of sp³-hybridized carbons (Fsp3) is 0.692. The average molecular weight is 193 g/mol. The lowest BCUT2D eigenvalue weighted by atomic mass is 9.75. The van der Waals surface area contributed by atoms with Gasteiger partial charge in [0.1, 0.15) is 0 Å². The second-order valence-corrected chi connectivity index (χ2v) is 4.68. The van der Waals surface area contributed by atoms with Crippen LogP contribution in [0.3, 0.4) is 0 Å². The van der Waals surface area contributed by atoms with Gasteiger partial charge in [-0.3, -0.25) is 0 Å². The molecule has 1 aliphatic carbocycles. The van der Waals surface area contributed by atoms with Crippen molar-refractivity contribution in [1.82, 2.24) is 0 Å². The smallest absolute Gasteiger partial charge is 0.0379 e. The Morgan fingerprint density at radius 1 is 1.43 bits per heavy atom.